The Morgan fingerprint density at radius 3 is 2.30 bits per heavy atom. The van der Waals surface area contributed by atoms with Crippen LogP contribution >= 0.6 is 23.5 Å². The van der Waals surface area contributed by atoms with E-state index in [1.807, 2.05) is 0 Å². The van der Waals surface area contributed by atoms with Crippen molar-refractivity contribution >= 4 is 63.8 Å². The zero-order valence-electron chi connectivity index (χ0n) is 29.0. The molecule has 0 aliphatic carbocycles. The number of aromatic nitrogens is 4. The van der Waals surface area contributed by atoms with E-state index in [9.17, 15) is 62.7 Å². The summed E-state index contributed by atoms with van der Waals surface area (Å²) in [5.74, 6) is -3.19. The van der Waals surface area contributed by atoms with E-state index in [4.69, 9.17) is 10.5 Å². The molecule has 0 aromatic carbocycles. The second-order valence-corrected chi connectivity index (χ2v) is 16.6. The molecular weight excluding hydrogens is 791 g/mol. The van der Waals surface area contributed by atoms with Crippen molar-refractivity contribution < 1.29 is 85.3 Å². The van der Waals surface area contributed by atoms with Gasteiger partial charge in [0.1, 0.15) is 47.8 Å². The van der Waals surface area contributed by atoms with E-state index in [-0.39, 0.29) is 54.5 Å². The Kier molecular flexibility index (Phi) is 15.3. The second-order valence-electron chi connectivity index (χ2n) is 12.5. The molecule has 54 heavy (non-hydrogen) atoms. The van der Waals surface area contributed by atoms with Crippen LogP contribution in [0.5, 0.6) is 0 Å². The third kappa shape index (κ3) is 12.7. The summed E-state index contributed by atoms with van der Waals surface area (Å²) in [7, 11) is -17.6. The molecule has 1 fully saturated rings. The minimum absolute atomic E-state index is 0.0291. The molecule has 25 nitrogen and oxygen atoms in total. The number of nitrogen functional groups attached to an aromatic ring is 1. The predicted molar refractivity (Wildman–Crippen MR) is 170 cm³/mol. The highest BCUT2D eigenvalue weighted by Crippen LogP contribution is 2.56. The van der Waals surface area contributed by atoms with Crippen LogP contribution in [0.15, 0.2) is 12.7 Å². The molecule has 2 aromatic heterocycles. The minimum Gasteiger partial charge on any atom is -0.790 e. The molecule has 0 spiro atoms. The summed E-state index contributed by atoms with van der Waals surface area (Å²) in [6, 6.07) is 0. The fourth-order valence-electron chi connectivity index (χ4n) is 4.69. The number of nitrogens with zero attached hydrogens (tertiary/aromatic N) is 4. The second kappa shape index (κ2) is 18.2. The highest BCUT2D eigenvalue weighted by molar-refractivity contribution is 7.59. The zero-order valence-corrected chi connectivity index (χ0v) is 31.7. The summed E-state index contributed by atoms with van der Waals surface area (Å²) < 4.78 is 60.3. The number of phosphoric acid groups is 3. The maximum Gasteiger partial charge on any atom is 0.274 e. The summed E-state index contributed by atoms with van der Waals surface area (Å²) in [5, 5.41) is 25.9. The maximum atomic E-state index is 12.5. The molecule has 3 rings (SSSR count). The number of imidazole rings is 1. The van der Waals surface area contributed by atoms with Crippen molar-refractivity contribution in [2.24, 2.45) is 11.3 Å². The summed E-state index contributed by atoms with van der Waals surface area (Å²) in [4.78, 5) is 107. The Morgan fingerprint density at radius 1 is 1.04 bits per heavy atom. The SMILES string of the molecule is CC(=O)C(C)C(=O)CCNC(=O)CCNC(=O)C(O)C(C)(C)COP(=O)([O-])OP(=O)([O-])OCC1OC(n2cnc3c(N)ncnc32)C(O)C1OP(=O)([O-])[O-]. The standard InChI is InChI=1S/C26H42N7O18P3/c1-13(14(2)34)15(35)5-7-28-17(36)6-8-29-24(39)21(38)26(3,4)10-48-54(45,46)51-53(43,44)47-9-16-20(50-52(40,41)42)19(37)25(49-16)33-12-32-18-22(27)30-11-31-23(18)33/h11-13,16,19-21,25,37-38H,5-10H2,1-4H3,(H,28,36)(H,29,39)(H,43,44)(H,45,46)(H2,27,30,31)(H2,40,41,42)/p-4. The number of Topliss-reactive ketones (excluding diaryl/α,β-unsaturated/α-hetero) is 2. The number of carbonyl (C=O) groups is 4. The van der Waals surface area contributed by atoms with Crippen molar-refractivity contribution in [2.75, 3.05) is 32.0 Å². The van der Waals surface area contributed by atoms with Crippen molar-refractivity contribution in [3.63, 3.8) is 0 Å². The Hall–Kier alpha value is -3.12. The Bertz CT molecular complexity index is 1840. The molecule has 2 amide bonds. The van der Waals surface area contributed by atoms with Gasteiger partial charge in [0.2, 0.25) is 11.8 Å². The first-order chi connectivity index (χ1) is 24.8. The first kappa shape index (κ1) is 45.3. The lowest BCUT2D eigenvalue weighted by molar-refractivity contribution is -0.347. The number of hydrogen-bond acceptors (Lipinski definition) is 22. The molecule has 304 valence electrons. The van der Waals surface area contributed by atoms with Crippen molar-refractivity contribution in [1.82, 2.24) is 30.2 Å². The third-order valence-corrected chi connectivity index (χ3v) is 10.9. The third-order valence-electron chi connectivity index (χ3n) is 7.84. The number of aliphatic hydroxyl groups is 2. The van der Waals surface area contributed by atoms with Gasteiger partial charge in [-0.1, -0.05) is 13.8 Å². The van der Waals surface area contributed by atoms with Gasteiger partial charge in [-0.05, 0) is 13.8 Å². The van der Waals surface area contributed by atoms with Gasteiger partial charge in [-0.15, -0.1) is 0 Å². The number of hydrogen-bond donors (Lipinski definition) is 5. The molecule has 28 heteroatoms. The molecule has 0 saturated carbocycles. The minimum atomic E-state index is -5.92. The predicted octanol–water partition coefficient (Wildman–Crippen LogP) is -3.94. The molecule has 3 heterocycles. The molecule has 8 unspecified atom stereocenters. The van der Waals surface area contributed by atoms with E-state index in [1.165, 1.54) is 27.7 Å². The average Bonchev–Trinajstić information content (AvgIpc) is 3.62. The fraction of sp³-hybridized carbons (Fsp3) is 0.654. The molecule has 1 aliphatic heterocycles. The average molecular weight is 830 g/mol. The lowest BCUT2D eigenvalue weighted by Crippen LogP contribution is -2.46. The van der Waals surface area contributed by atoms with E-state index < -0.39 is 90.5 Å². The topological polar surface area (TPSA) is 392 Å². The Labute approximate surface area is 306 Å². The summed E-state index contributed by atoms with van der Waals surface area (Å²) in [5.41, 5.74) is 4.01. The summed E-state index contributed by atoms with van der Waals surface area (Å²) in [6.45, 7) is 2.41. The number of nitrogens with two attached hydrogens (primary N) is 1. The molecule has 1 saturated heterocycles. The van der Waals surface area contributed by atoms with Crippen LogP contribution in [0.4, 0.5) is 5.82 Å². The van der Waals surface area contributed by atoms with E-state index in [0.717, 1.165) is 17.2 Å². The highest BCUT2D eigenvalue weighted by atomic mass is 31.3. The number of nitrogens with one attached hydrogen (secondary N) is 2. The Balaban J connectivity index is 1.52. The number of aliphatic hydroxyl groups excluding tert-OH is 2. The summed E-state index contributed by atoms with van der Waals surface area (Å²) >= 11 is 0. The van der Waals surface area contributed by atoms with E-state index in [1.54, 1.807) is 0 Å². The first-order valence-corrected chi connectivity index (χ1v) is 20.1. The van der Waals surface area contributed by atoms with E-state index in [0.29, 0.717) is 0 Å². The van der Waals surface area contributed by atoms with Gasteiger partial charge in [0, 0.05) is 31.3 Å². The van der Waals surface area contributed by atoms with Crippen LogP contribution in [-0.4, -0.2) is 104 Å². The Morgan fingerprint density at radius 2 is 1.67 bits per heavy atom. The van der Waals surface area contributed by atoms with Crippen LogP contribution in [0.25, 0.3) is 11.2 Å². The number of carbonyl (C=O) groups excluding carboxylic acids is 4. The maximum absolute atomic E-state index is 12.5. The smallest absolute Gasteiger partial charge is 0.274 e. The van der Waals surface area contributed by atoms with Crippen molar-refractivity contribution in [3.8, 4) is 0 Å². The summed E-state index contributed by atoms with van der Waals surface area (Å²) in [6.07, 6.45) is -7.84. The molecule has 0 bridgehead atoms. The molecule has 2 aromatic rings. The van der Waals surface area contributed by atoms with Crippen LogP contribution in [0.1, 0.15) is 46.8 Å². The van der Waals surface area contributed by atoms with Crippen LogP contribution < -0.4 is 35.9 Å². The largest absolute Gasteiger partial charge is 0.790 e. The number of rotatable bonds is 21. The molecule has 0 radical (unpaired) electrons. The van der Waals surface area contributed by atoms with Gasteiger partial charge >= 0.3 is 0 Å². The number of amides is 2. The van der Waals surface area contributed by atoms with Crippen LogP contribution in [0, 0.1) is 11.3 Å². The lowest BCUT2D eigenvalue weighted by Gasteiger charge is -2.36. The number of ketones is 2. The van der Waals surface area contributed by atoms with Crippen molar-refractivity contribution in [2.45, 2.75) is 71.2 Å². The van der Waals surface area contributed by atoms with Crippen molar-refractivity contribution in [3.05, 3.63) is 12.7 Å². The van der Waals surface area contributed by atoms with Crippen LogP contribution in [-0.2, 0) is 55.5 Å². The van der Waals surface area contributed by atoms with Gasteiger partial charge in [-0.25, -0.2) is 19.3 Å². The monoisotopic (exact) mass is 829 g/mol. The molecule has 6 N–H and O–H groups in total. The zero-order chi connectivity index (χ0) is 40.8. The van der Waals surface area contributed by atoms with Gasteiger partial charge in [-0.2, -0.15) is 0 Å². The normalized spacial score (nSPS) is 22.6. The number of fused-ring (bicyclic) bond motifs is 1. The van der Waals surface area contributed by atoms with Gasteiger partial charge in [-0.3, -0.25) is 32.9 Å². The van der Waals surface area contributed by atoms with Crippen molar-refractivity contribution in [1.29, 1.82) is 0 Å². The fourth-order valence-corrected chi connectivity index (χ4v) is 7.42. The first-order valence-electron chi connectivity index (χ1n) is 15.7. The highest BCUT2D eigenvalue weighted by Gasteiger charge is 2.47. The number of anilines is 1. The van der Waals surface area contributed by atoms with E-state index >= 15 is 0 Å². The number of phosphoric ester groups is 3. The molecular formula is C26H38N7O18P3-4. The van der Waals surface area contributed by atoms with Crippen LogP contribution in [0.2, 0.25) is 0 Å². The van der Waals surface area contributed by atoms with Gasteiger partial charge in [0.05, 0.1) is 33.3 Å². The van der Waals surface area contributed by atoms with E-state index in [2.05, 4.69) is 43.5 Å². The lowest BCUT2D eigenvalue weighted by atomic mass is 9.87. The van der Waals surface area contributed by atoms with Gasteiger partial charge in [0.25, 0.3) is 15.6 Å². The quantitative estimate of drug-likeness (QED) is 0.0592. The van der Waals surface area contributed by atoms with Crippen LogP contribution in [0.3, 0.4) is 0 Å². The van der Waals surface area contributed by atoms with Gasteiger partial charge in [0.15, 0.2) is 17.7 Å². The molecule has 1 aliphatic rings. The van der Waals surface area contributed by atoms with Gasteiger partial charge < -0.3 is 69.0 Å². The number of ether oxygens (including phenoxy) is 1. The molecule has 8 atom stereocenters.